The summed E-state index contributed by atoms with van der Waals surface area (Å²) < 4.78 is 3.24. The van der Waals surface area contributed by atoms with Gasteiger partial charge in [-0.15, -0.1) is 0 Å². The molecule has 4 heteroatoms. The average Bonchev–Trinajstić information content (AvgIpc) is 2.54. The molecule has 0 saturated carbocycles. The molecule has 0 aliphatic carbocycles. The number of aryl methyl sites for hydroxylation is 2. The third kappa shape index (κ3) is 2.24. The summed E-state index contributed by atoms with van der Waals surface area (Å²) in [7, 11) is 1.74. The van der Waals surface area contributed by atoms with Gasteiger partial charge in [-0.2, -0.15) is 0 Å². The maximum atomic E-state index is 12.1. The number of hydrogen-bond acceptors (Lipinski definition) is 2. The quantitative estimate of drug-likeness (QED) is 0.890. The zero-order chi connectivity index (χ0) is 13.3. The molecule has 2 aromatic rings. The number of para-hydroxylation sites is 1. The van der Waals surface area contributed by atoms with Gasteiger partial charge in [0.2, 0.25) is 0 Å². The molecule has 0 radical (unpaired) electrons. The van der Waals surface area contributed by atoms with E-state index in [1.54, 1.807) is 23.1 Å². The van der Waals surface area contributed by atoms with Crippen molar-refractivity contribution in [1.82, 2.24) is 9.13 Å². The van der Waals surface area contributed by atoms with E-state index in [0.717, 1.165) is 16.9 Å². The highest BCUT2D eigenvalue weighted by molar-refractivity contribution is 5.42. The number of rotatable bonds is 3. The topological polar surface area (TPSA) is 47.2 Å². The molecule has 1 N–H and O–H groups in total. The lowest BCUT2D eigenvalue weighted by molar-refractivity contribution is 0.195. The van der Waals surface area contributed by atoms with Crippen LogP contribution >= 0.6 is 0 Å². The Hall–Kier alpha value is -1.81. The molecule has 1 heterocycles. The highest BCUT2D eigenvalue weighted by atomic mass is 16.3. The van der Waals surface area contributed by atoms with Gasteiger partial charge in [-0.25, -0.2) is 4.79 Å². The summed E-state index contributed by atoms with van der Waals surface area (Å²) in [4.78, 5) is 12.1. The van der Waals surface area contributed by atoms with Gasteiger partial charge in [0.05, 0.1) is 11.8 Å². The zero-order valence-electron chi connectivity index (χ0n) is 10.9. The largest absolute Gasteiger partial charge is 0.393 e. The van der Waals surface area contributed by atoms with Crippen LogP contribution in [0.4, 0.5) is 0 Å². The minimum Gasteiger partial charge on any atom is -0.393 e. The fourth-order valence-corrected chi connectivity index (χ4v) is 2.21. The molecule has 4 nitrogen and oxygen atoms in total. The van der Waals surface area contributed by atoms with E-state index in [1.807, 2.05) is 37.4 Å². The Balaban J connectivity index is 2.60. The van der Waals surface area contributed by atoms with E-state index in [1.165, 1.54) is 0 Å². The van der Waals surface area contributed by atoms with E-state index in [9.17, 15) is 9.90 Å². The first kappa shape index (κ1) is 12.6. The van der Waals surface area contributed by atoms with Crippen molar-refractivity contribution in [2.24, 2.45) is 7.05 Å². The molecule has 0 bridgehead atoms. The second kappa shape index (κ2) is 4.82. The van der Waals surface area contributed by atoms with Crippen molar-refractivity contribution in [3.63, 3.8) is 0 Å². The molecule has 1 unspecified atom stereocenters. The van der Waals surface area contributed by atoms with Crippen LogP contribution in [0.15, 0.2) is 35.3 Å². The van der Waals surface area contributed by atoms with Crippen LogP contribution in [-0.4, -0.2) is 20.3 Å². The van der Waals surface area contributed by atoms with E-state index >= 15 is 0 Å². The molecule has 0 spiro atoms. The summed E-state index contributed by atoms with van der Waals surface area (Å²) in [5.41, 5.74) is 2.65. The molecule has 96 valence electrons. The van der Waals surface area contributed by atoms with Crippen LogP contribution in [-0.2, 0) is 13.5 Å². The second-order valence-corrected chi connectivity index (χ2v) is 4.68. The first-order valence-corrected chi connectivity index (χ1v) is 6.02. The first-order valence-electron chi connectivity index (χ1n) is 6.02. The van der Waals surface area contributed by atoms with Gasteiger partial charge in [-0.05, 0) is 25.5 Å². The van der Waals surface area contributed by atoms with Crippen molar-refractivity contribution in [2.45, 2.75) is 26.4 Å². The van der Waals surface area contributed by atoms with Crippen LogP contribution in [0.25, 0.3) is 5.69 Å². The second-order valence-electron chi connectivity index (χ2n) is 4.68. The lowest BCUT2D eigenvalue weighted by Gasteiger charge is -2.12. The van der Waals surface area contributed by atoms with Crippen LogP contribution in [0.2, 0.25) is 0 Å². The first-order chi connectivity index (χ1) is 8.50. The highest BCUT2D eigenvalue weighted by Crippen LogP contribution is 2.16. The Morgan fingerprint density at radius 3 is 2.56 bits per heavy atom. The summed E-state index contributed by atoms with van der Waals surface area (Å²) in [6, 6.07) is 7.68. The van der Waals surface area contributed by atoms with Gasteiger partial charge in [0, 0.05) is 25.4 Å². The number of benzene rings is 1. The molecule has 0 aliphatic rings. The lowest BCUT2D eigenvalue weighted by atomic mass is 10.1. The smallest absolute Gasteiger partial charge is 0.332 e. The van der Waals surface area contributed by atoms with Gasteiger partial charge < -0.3 is 9.67 Å². The Morgan fingerprint density at radius 2 is 2.00 bits per heavy atom. The fraction of sp³-hybridized carbons (Fsp3) is 0.357. The van der Waals surface area contributed by atoms with Crippen molar-refractivity contribution in [3.05, 3.63) is 52.2 Å². The van der Waals surface area contributed by atoms with E-state index in [-0.39, 0.29) is 5.69 Å². The van der Waals surface area contributed by atoms with Gasteiger partial charge in [0.25, 0.3) is 0 Å². The van der Waals surface area contributed by atoms with Crippen LogP contribution in [0.1, 0.15) is 18.2 Å². The van der Waals surface area contributed by atoms with E-state index in [2.05, 4.69) is 0 Å². The van der Waals surface area contributed by atoms with Crippen molar-refractivity contribution in [2.75, 3.05) is 0 Å². The van der Waals surface area contributed by atoms with Gasteiger partial charge in [0.1, 0.15) is 0 Å². The molecule has 0 saturated heterocycles. The number of aromatic nitrogens is 2. The third-order valence-electron chi connectivity index (χ3n) is 2.97. The Kier molecular flexibility index (Phi) is 3.39. The van der Waals surface area contributed by atoms with Crippen LogP contribution < -0.4 is 5.69 Å². The Bertz CT molecular complexity index is 608. The van der Waals surface area contributed by atoms with Gasteiger partial charge >= 0.3 is 5.69 Å². The van der Waals surface area contributed by atoms with E-state index in [0.29, 0.717) is 6.42 Å². The Morgan fingerprint density at radius 1 is 1.33 bits per heavy atom. The fourth-order valence-electron chi connectivity index (χ4n) is 2.21. The summed E-state index contributed by atoms with van der Waals surface area (Å²) in [5.74, 6) is 0. The van der Waals surface area contributed by atoms with Gasteiger partial charge in [0.15, 0.2) is 0 Å². The summed E-state index contributed by atoms with van der Waals surface area (Å²) in [6.07, 6.45) is 1.92. The molecule has 1 aromatic heterocycles. The van der Waals surface area contributed by atoms with E-state index in [4.69, 9.17) is 0 Å². The van der Waals surface area contributed by atoms with Crippen LogP contribution in [0, 0.1) is 6.92 Å². The van der Waals surface area contributed by atoms with Crippen molar-refractivity contribution >= 4 is 0 Å². The summed E-state index contributed by atoms with van der Waals surface area (Å²) in [6.45, 7) is 3.65. The number of imidazole rings is 1. The molecule has 0 aliphatic heterocycles. The molecule has 1 aromatic carbocycles. The maximum absolute atomic E-state index is 12.1. The van der Waals surface area contributed by atoms with Crippen molar-refractivity contribution in [1.29, 1.82) is 0 Å². The minimum absolute atomic E-state index is 0.0643. The molecule has 1 atom stereocenters. The standard InChI is InChI=1S/C14H18N2O2/c1-10-9-15(3)14(18)16(10)13-7-5-4-6-12(13)8-11(2)17/h4-7,9,11,17H,8H2,1-3H3. The Labute approximate surface area is 106 Å². The SMILES string of the molecule is Cc1cn(C)c(=O)n1-c1ccccc1CC(C)O. The predicted octanol–water partition coefficient (Wildman–Crippen LogP) is 1.41. The number of aliphatic hydroxyl groups is 1. The number of hydrogen-bond donors (Lipinski definition) is 1. The molecular weight excluding hydrogens is 228 g/mol. The van der Waals surface area contributed by atoms with Crippen LogP contribution in [0.5, 0.6) is 0 Å². The number of aliphatic hydroxyl groups excluding tert-OH is 1. The zero-order valence-corrected chi connectivity index (χ0v) is 10.9. The minimum atomic E-state index is -0.425. The third-order valence-corrected chi connectivity index (χ3v) is 2.97. The molecule has 0 fully saturated rings. The molecule has 0 amide bonds. The average molecular weight is 246 g/mol. The van der Waals surface area contributed by atoms with Crippen molar-refractivity contribution < 1.29 is 5.11 Å². The summed E-state index contributed by atoms with van der Waals surface area (Å²) >= 11 is 0. The number of nitrogens with zero attached hydrogens (tertiary/aromatic N) is 2. The normalized spacial score (nSPS) is 12.7. The molecule has 2 rings (SSSR count). The monoisotopic (exact) mass is 246 g/mol. The van der Waals surface area contributed by atoms with Gasteiger partial charge in [-0.3, -0.25) is 4.57 Å². The van der Waals surface area contributed by atoms with E-state index < -0.39 is 6.10 Å². The molecule has 18 heavy (non-hydrogen) atoms. The van der Waals surface area contributed by atoms with Crippen LogP contribution in [0.3, 0.4) is 0 Å². The predicted molar refractivity (Wildman–Crippen MR) is 71.1 cm³/mol. The lowest BCUT2D eigenvalue weighted by Crippen LogP contribution is -2.23. The maximum Gasteiger partial charge on any atom is 0.332 e. The van der Waals surface area contributed by atoms with Crippen molar-refractivity contribution in [3.8, 4) is 5.69 Å². The summed E-state index contributed by atoms with van der Waals surface area (Å²) in [5, 5.41) is 9.53. The van der Waals surface area contributed by atoms with Gasteiger partial charge in [-0.1, -0.05) is 18.2 Å². The highest BCUT2D eigenvalue weighted by Gasteiger charge is 2.12. The molecular formula is C14H18N2O2.